The molecule has 33 heavy (non-hydrogen) atoms. The molecule has 1 amide bonds. The topological polar surface area (TPSA) is 75.8 Å². The van der Waals surface area contributed by atoms with Gasteiger partial charge in [0, 0.05) is 50.4 Å². The SMILES string of the molecule is CC(=O)c1ccc2c(c1)oc(=O)n2CCCC(=O)N1CCN(c2ccc(F)cc2)CC1.Cl.Cl. The van der Waals surface area contributed by atoms with Crippen molar-refractivity contribution in [2.24, 2.45) is 0 Å². The Balaban J connectivity index is 0.00000193. The normalized spacial score (nSPS) is 13.4. The van der Waals surface area contributed by atoms with Crippen LogP contribution in [0.15, 0.2) is 51.7 Å². The predicted octanol–water partition coefficient (Wildman–Crippen LogP) is 3.91. The van der Waals surface area contributed by atoms with Crippen molar-refractivity contribution in [3.8, 4) is 0 Å². The van der Waals surface area contributed by atoms with Gasteiger partial charge in [-0.2, -0.15) is 0 Å². The number of carbonyl (C=O) groups excluding carboxylic acids is 2. The molecule has 2 aromatic carbocycles. The van der Waals surface area contributed by atoms with Crippen LogP contribution in [0.25, 0.3) is 11.1 Å². The maximum atomic E-state index is 13.1. The monoisotopic (exact) mass is 497 g/mol. The first-order valence-corrected chi connectivity index (χ1v) is 10.3. The lowest BCUT2D eigenvalue weighted by Crippen LogP contribution is -2.48. The van der Waals surface area contributed by atoms with E-state index in [1.807, 2.05) is 4.90 Å². The van der Waals surface area contributed by atoms with Crippen LogP contribution in [0.5, 0.6) is 0 Å². The molecule has 4 rings (SSSR count). The van der Waals surface area contributed by atoms with Crippen LogP contribution in [0, 0.1) is 5.82 Å². The van der Waals surface area contributed by atoms with E-state index < -0.39 is 5.76 Å². The summed E-state index contributed by atoms with van der Waals surface area (Å²) in [6.07, 6.45) is 0.848. The lowest BCUT2D eigenvalue weighted by molar-refractivity contribution is -0.131. The summed E-state index contributed by atoms with van der Waals surface area (Å²) >= 11 is 0. The van der Waals surface area contributed by atoms with Gasteiger partial charge in [0.2, 0.25) is 5.91 Å². The number of rotatable bonds is 6. The highest BCUT2D eigenvalue weighted by molar-refractivity contribution is 5.96. The molecule has 1 fully saturated rings. The molecule has 0 spiro atoms. The van der Waals surface area contributed by atoms with Crippen LogP contribution < -0.4 is 10.7 Å². The van der Waals surface area contributed by atoms with Crippen molar-refractivity contribution >= 4 is 53.3 Å². The third-order valence-corrected chi connectivity index (χ3v) is 5.67. The lowest BCUT2D eigenvalue weighted by Gasteiger charge is -2.36. The van der Waals surface area contributed by atoms with Crippen LogP contribution in [-0.2, 0) is 11.3 Å². The van der Waals surface area contributed by atoms with Gasteiger partial charge in [0.1, 0.15) is 5.82 Å². The molecule has 3 aromatic rings. The second-order valence-electron chi connectivity index (χ2n) is 7.71. The summed E-state index contributed by atoms with van der Waals surface area (Å²) in [6, 6.07) is 11.3. The highest BCUT2D eigenvalue weighted by atomic mass is 35.5. The number of Topliss-reactive ketones (excluding diaryl/α,β-unsaturated/α-hetero) is 1. The molecule has 1 aliphatic rings. The van der Waals surface area contributed by atoms with E-state index in [0.717, 1.165) is 5.69 Å². The lowest BCUT2D eigenvalue weighted by atomic mass is 10.1. The number of aromatic nitrogens is 1. The van der Waals surface area contributed by atoms with Gasteiger partial charge < -0.3 is 14.2 Å². The number of ketones is 1. The number of hydrogen-bond donors (Lipinski definition) is 0. The van der Waals surface area contributed by atoms with Gasteiger partial charge in [-0.15, -0.1) is 24.8 Å². The number of oxazole rings is 1. The summed E-state index contributed by atoms with van der Waals surface area (Å²) in [6.45, 7) is 4.44. The Morgan fingerprint density at radius 1 is 1.00 bits per heavy atom. The van der Waals surface area contributed by atoms with Gasteiger partial charge in [-0.05, 0) is 55.8 Å². The molecule has 0 saturated carbocycles. The van der Waals surface area contributed by atoms with Crippen LogP contribution in [0.2, 0.25) is 0 Å². The Morgan fingerprint density at radius 3 is 2.30 bits per heavy atom. The fourth-order valence-corrected chi connectivity index (χ4v) is 3.91. The summed E-state index contributed by atoms with van der Waals surface area (Å²) in [5.74, 6) is -0.793. The van der Waals surface area contributed by atoms with Crippen LogP contribution in [0.1, 0.15) is 30.1 Å². The molecule has 0 aliphatic carbocycles. The van der Waals surface area contributed by atoms with E-state index in [1.54, 1.807) is 30.3 Å². The Labute approximate surface area is 203 Å². The minimum atomic E-state index is -0.490. The molecule has 0 bridgehead atoms. The zero-order valence-electron chi connectivity index (χ0n) is 18.2. The first-order chi connectivity index (χ1) is 14.9. The fourth-order valence-electron chi connectivity index (χ4n) is 3.91. The average molecular weight is 498 g/mol. The molecule has 1 saturated heterocycles. The highest BCUT2D eigenvalue weighted by Crippen LogP contribution is 2.18. The summed E-state index contributed by atoms with van der Waals surface area (Å²) in [5, 5.41) is 0. The predicted molar refractivity (Wildman–Crippen MR) is 129 cm³/mol. The molecule has 7 nitrogen and oxygen atoms in total. The number of carbonyl (C=O) groups is 2. The van der Waals surface area contributed by atoms with Crippen LogP contribution >= 0.6 is 24.8 Å². The van der Waals surface area contributed by atoms with Gasteiger partial charge >= 0.3 is 5.76 Å². The first kappa shape index (κ1) is 26.4. The van der Waals surface area contributed by atoms with E-state index in [1.165, 1.54) is 23.6 Å². The van der Waals surface area contributed by atoms with Crippen molar-refractivity contribution in [1.29, 1.82) is 0 Å². The third-order valence-electron chi connectivity index (χ3n) is 5.67. The number of fused-ring (bicyclic) bond motifs is 1. The fraction of sp³-hybridized carbons (Fsp3) is 0.348. The number of piperazine rings is 1. The summed E-state index contributed by atoms with van der Waals surface area (Å²) in [5.41, 5.74) is 2.44. The maximum absolute atomic E-state index is 13.1. The average Bonchev–Trinajstić information content (AvgIpc) is 3.08. The van der Waals surface area contributed by atoms with Crippen molar-refractivity contribution in [2.75, 3.05) is 31.1 Å². The van der Waals surface area contributed by atoms with E-state index in [4.69, 9.17) is 4.42 Å². The summed E-state index contributed by atoms with van der Waals surface area (Å²) in [4.78, 5) is 40.2. The molecular formula is C23H26Cl2FN3O4. The zero-order valence-corrected chi connectivity index (χ0v) is 19.8. The number of hydrogen-bond acceptors (Lipinski definition) is 5. The molecule has 0 atom stereocenters. The van der Waals surface area contributed by atoms with Crippen molar-refractivity contribution < 1.29 is 18.4 Å². The number of benzene rings is 2. The zero-order chi connectivity index (χ0) is 22.0. The number of aryl methyl sites for hydroxylation is 1. The van der Waals surface area contributed by atoms with Crippen LogP contribution in [0.3, 0.4) is 0 Å². The molecular weight excluding hydrogens is 472 g/mol. The number of anilines is 1. The Morgan fingerprint density at radius 2 is 1.67 bits per heavy atom. The van der Waals surface area contributed by atoms with E-state index in [-0.39, 0.29) is 42.3 Å². The number of halogens is 3. The molecule has 1 aromatic heterocycles. The highest BCUT2D eigenvalue weighted by Gasteiger charge is 2.21. The van der Waals surface area contributed by atoms with Crippen LogP contribution in [0.4, 0.5) is 10.1 Å². The van der Waals surface area contributed by atoms with E-state index in [0.29, 0.717) is 62.2 Å². The number of nitrogens with zero attached hydrogens (tertiary/aromatic N) is 3. The Bertz CT molecular complexity index is 1170. The minimum Gasteiger partial charge on any atom is -0.408 e. The second kappa shape index (κ2) is 11.3. The molecule has 10 heteroatoms. The van der Waals surface area contributed by atoms with E-state index in [9.17, 15) is 18.8 Å². The molecule has 178 valence electrons. The van der Waals surface area contributed by atoms with Crippen molar-refractivity contribution in [1.82, 2.24) is 9.47 Å². The van der Waals surface area contributed by atoms with Crippen LogP contribution in [-0.4, -0.2) is 47.3 Å². The quantitative estimate of drug-likeness (QED) is 0.482. The maximum Gasteiger partial charge on any atom is 0.419 e. The molecule has 1 aliphatic heterocycles. The smallest absolute Gasteiger partial charge is 0.408 e. The summed E-state index contributed by atoms with van der Waals surface area (Å²) in [7, 11) is 0. The van der Waals surface area contributed by atoms with Gasteiger partial charge in [-0.3, -0.25) is 14.2 Å². The summed E-state index contributed by atoms with van der Waals surface area (Å²) < 4.78 is 19.8. The second-order valence-corrected chi connectivity index (χ2v) is 7.71. The van der Waals surface area contributed by atoms with Gasteiger partial charge in [0.05, 0.1) is 5.52 Å². The van der Waals surface area contributed by atoms with Crippen molar-refractivity contribution in [3.05, 3.63) is 64.4 Å². The molecule has 2 heterocycles. The molecule has 0 unspecified atom stereocenters. The van der Waals surface area contributed by atoms with Gasteiger partial charge in [-0.25, -0.2) is 9.18 Å². The standard InChI is InChI=1S/C23H24FN3O4.2ClH/c1-16(28)17-4-9-20-21(15-17)31-23(30)27(20)10-2-3-22(29)26-13-11-25(12-14-26)19-7-5-18(24)6-8-19;;/h4-9,15H,2-3,10-14H2,1H3;2*1H. The minimum absolute atomic E-state index is 0. The largest absolute Gasteiger partial charge is 0.419 e. The number of amides is 1. The van der Waals surface area contributed by atoms with Crippen molar-refractivity contribution in [3.63, 3.8) is 0 Å². The van der Waals surface area contributed by atoms with E-state index in [2.05, 4.69) is 4.90 Å². The van der Waals surface area contributed by atoms with Crippen molar-refractivity contribution in [2.45, 2.75) is 26.3 Å². The Hall–Kier alpha value is -2.84. The van der Waals surface area contributed by atoms with Gasteiger partial charge in [0.25, 0.3) is 0 Å². The third kappa shape index (κ3) is 5.94. The van der Waals surface area contributed by atoms with Gasteiger partial charge in [0.15, 0.2) is 11.4 Å². The van der Waals surface area contributed by atoms with E-state index >= 15 is 0 Å². The molecule has 0 N–H and O–H groups in total. The van der Waals surface area contributed by atoms with Gasteiger partial charge in [-0.1, -0.05) is 0 Å². The molecule has 0 radical (unpaired) electrons. The Kier molecular flexibility index (Phi) is 9.07. The first-order valence-electron chi connectivity index (χ1n) is 10.3.